The van der Waals surface area contributed by atoms with E-state index in [0.29, 0.717) is 5.92 Å². The van der Waals surface area contributed by atoms with Crippen molar-refractivity contribution < 1.29 is 0 Å². The summed E-state index contributed by atoms with van der Waals surface area (Å²) in [6.07, 6.45) is 1.90. The first-order chi connectivity index (χ1) is 13.1. The molecule has 1 saturated heterocycles. The van der Waals surface area contributed by atoms with Gasteiger partial charge < -0.3 is 10.3 Å². The zero-order valence-corrected chi connectivity index (χ0v) is 17.0. The van der Waals surface area contributed by atoms with Crippen LogP contribution in [0.2, 0.25) is 0 Å². The lowest BCUT2D eigenvalue weighted by atomic mass is 9.87. The van der Waals surface area contributed by atoms with E-state index < -0.39 is 0 Å². The maximum Gasteiger partial charge on any atom is 0.326 e. The van der Waals surface area contributed by atoms with E-state index in [9.17, 15) is 4.79 Å². The predicted octanol–water partition coefficient (Wildman–Crippen LogP) is 4.31. The number of aromatic nitrogens is 2. The van der Waals surface area contributed by atoms with Crippen LogP contribution in [-0.2, 0) is 6.42 Å². The first-order valence-corrected chi connectivity index (χ1v) is 10.2. The van der Waals surface area contributed by atoms with E-state index in [2.05, 4.69) is 51.4 Å². The van der Waals surface area contributed by atoms with E-state index in [4.69, 9.17) is 0 Å². The largest absolute Gasteiger partial charge is 0.326 e. The number of piperidine rings is 1. The van der Waals surface area contributed by atoms with Crippen molar-refractivity contribution in [3.63, 3.8) is 0 Å². The Morgan fingerprint density at radius 3 is 2.63 bits per heavy atom. The number of H-pyrrole nitrogens is 1. The molecule has 3 aromatic rings. The van der Waals surface area contributed by atoms with Crippen molar-refractivity contribution >= 4 is 15.9 Å². The maximum absolute atomic E-state index is 12.9. The van der Waals surface area contributed by atoms with Crippen LogP contribution in [0.15, 0.2) is 63.9 Å². The Kier molecular flexibility index (Phi) is 5.32. The number of nitrogens with one attached hydrogen (secondary N) is 2. The number of halogens is 1. The summed E-state index contributed by atoms with van der Waals surface area (Å²) in [4.78, 5) is 16.0. The van der Waals surface area contributed by atoms with Crippen LogP contribution < -0.4 is 11.0 Å². The maximum atomic E-state index is 12.9. The molecule has 4 nitrogen and oxygen atoms in total. The molecule has 140 valence electrons. The molecule has 2 heterocycles. The molecule has 0 radical (unpaired) electrons. The van der Waals surface area contributed by atoms with Crippen molar-refractivity contribution in [3.05, 3.63) is 80.8 Å². The molecule has 0 bridgehead atoms. The second-order valence-electron chi connectivity index (χ2n) is 7.24. The van der Waals surface area contributed by atoms with Gasteiger partial charge in [-0.15, -0.1) is 0 Å². The fourth-order valence-electron chi connectivity index (χ4n) is 4.22. The van der Waals surface area contributed by atoms with Crippen LogP contribution in [0.1, 0.15) is 23.7 Å². The predicted molar refractivity (Wildman–Crippen MR) is 113 cm³/mol. The van der Waals surface area contributed by atoms with Gasteiger partial charge in [0.15, 0.2) is 0 Å². The molecular weight excluding hydrogens is 402 g/mol. The minimum Gasteiger partial charge on any atom is -0.316 e. The molecular formula is C22H24BrN3O. The van der Waals surface area contributed by atoms with E-state index in [-0.39, 0.29) is 11.7 Å². The van der Waals surface area contributed by atoms with Crippen LogP contribution >= 0.6 is 15.9 Å². The van der Waals surface area contributed by atoms with Crippen molar-refractivity contribution in [1.29, 1.82) is 0 Å². The third-order valence-corrected chi connectivity index (χ3v) is 6.35. The Labute approximate surface area is 167 Å². The van der Waals surface area contributed by atoms with E-state index in [0.717, 1.165) is 47.4 Å². The molecule has 0 amide bonds. The van der Waals surface area contributed by atoms with Crippen LogP contribution in [0.3, 0.4) is 0 Å². The minimum atomic E-state index is -0.00428. The molecule has 2 unspecified atom stereocenters. The molecule has 1 aromatic heterocycles. The van der Waals surface area contributed by atoms with Gasteiger partial charge in [-0.25, -0.2) is 4.79 Å². The van der Waals surface area contributed by atoms with E-state index in [1.807, 2.05) is 41.0 Å². The fourth-order valence-corrected chi connectivity index (χ4v) is 4.67. The quantitative estimate of drug-likeness (QED) is 0.654. The van der Waals surface area contributed by atoms with Gasteiger partial charge in [0.05, 0.1) is 5.69 Å². The number of benzene rings is 2. The summed E-state index contributed by atoms with van der Waals surface area (Å²) in [5, 5.41) is 3.51. The highest BCUT2D eigenvalue weighted by Crippen LogP contribution is 2.32. The SMILES string of the molecule is Cc1c(-c2ccccc2)[nH]c(=O)n1C1CCNCC1Cc1ccccc1Br. The summed E-state index contributed by atoms with van der Waals surface area (Å²) in [5.41, 5.74) is 4.30. The summed E-state index contributed by atoms with van der Waals surface area (Å²) >= 11 is 3.67. The Hall–Kier alpha value is -2.11. The number of hydrogen-bond acceptors (Lipinski definition) is 2. The van der Waals surface area contributed by atoms with E-state index in [1.165, 1.54) is 5.56 Å². The molecule has 0 aliphatic carbocycles. The van der Waals surface area contributed by atoms with Crippen LogP contribution in [0.5, 0.6) is 0 Å². The lowest BCUT2D eigenvalue weighted by molar-refractivity contribution is 0.246. The third kappa shape index (κ3) is 3.66. The molecule has 2 atom stereocenters. The van der Waals surface area contributed by atoms with Gasteiger partial charge in [-0.05, 0) is 49.4 Å². The van der Waals surface area contributed by atoms with Gasteiger partial charge in [0.25, 0.3) is 0 Å². The van der Waals surface area contributed by atoms with Gasteiger partial charge in [-0.2, -0.15) is 0 Å². The second kappa shape index (κ2) is 7.87. The van der Waals surface area contributed by atoms with Gasteiger partial charge in [0, 0.05) is 22.8 Å². The minimum absolute atomic E-state index is 0.00428. The first-order valence-electron chi connectivity index (χ1n) is 9.46. The van der Waals surface area contributed by atoms with Crippen molar-refractivity contribution in [2.45, 2.75) is 25.8 Å². The summed E-state index contributed by atoms with van der Waals surface area (Å²) in [5.74, 6) is 0.369. The van der Waals surface area contributed by atoms with E-state index in [1.54, 1.807) is 0 Å². The summed E-state index contributed by atoms with van der Waals surface area (Å²) in [7, 11) is 0. The van der Waals surface area contributed by atoms with Crippen molar-refractivity contribution in [3.8, 4) is 11.3 Å². The van der Waals surface area contributed by atoms with Crippen molar-refractivity contribution in [1.82, 2.24) is 14.9 Å². The van der Waals surface area contributed by atoms with Crippen molar-refractivity contribution in [2.75, 3.05) is 13.1 Å². The molecule has 27 heavy (non-hydrogen) atoms. The fraction of sp³-hybridized carbons (Fsp3) is 0.318. The van der Waals surface area contributed by atoms with Gasteiger partial charge in [-0.1, -0.05) is 64.5 Å². The number of hydrogen-bond donors (Lipinski definition) is 2. The molecule has 1 fully saturated rings. The molecule has 0 spiro atoms. The number of rotatable bonds is 4. The smallest absolute Gasteiger partial charge is 0.316 e. The van der Waals surface area contributed by atoms with Gasteiger partial charge >= 0.3 is 5.69 Å². The molecule has 4 rings (SSSR count). The average molecular weight is 426 g/mol. The lowest BCUT2D eigenvalue weighted by Crippen LogP contribution is -2.42. The second-order valence-corrected chi connectivity index (χ2v) is 8.10. The number of nitrogens with zero attached hydrogens (tertiary/aromatic N) is 1. The van der Waals surface area contributed by atoms with E-state index >= 15 is 0 Å². The third-order valence-electron chi connectivity index (χ3n) is 5.58. The molecule has 0 saturated carbocycles. The topological polar surface area (TPSA) is 49.8 Å². The average Bonchev–Trinajstić information content (AvgIpc) is 2.99. The standard InChI is InChI=1S/C22H24BrN3O/c1-15-21(16-7-3-2-4-8-16)25-22(27)26(15)20-11-12-24-14-18(20)13-17-9-5-6-10-19(17)23/h2-10,18,20,24H,11-14H2,1H3,(H,25,27). The Morgan fingerprint density at radius 1 is 1.11 bits per heavy atom. The summed E-state index contributed by atoms with van der Waals surface area (Å²) in [6, 6.07) is 18.7. The zero-order chi connectivity index (χ0) is 18.8. The van der Waals surface area contributed by atoms with Crippen LogP contribution in [0.25, 0.3) is 11.3 Å². The first kappa shape index (κ1) is 18.3. The molecule has 1 aliphatic heterocycles. The highest BCUT2D eigenvalue weighted by atomic mass is 79.9. The summed E-state index contributed by atoms with van der Waals surface area (Å²) in [6.45, 7) is 3.91. The normalized spacial score (nSPS) is 19.9. The summed E-state index contributed by atoms with van der Waals surface area (Å²) < 4.78 is 3.13. The zero-order valence-electron chi connectivity index (χ0n) is 15.4. The lowest BCUT2D eigenvalue weighted by Gasteiger charge is -2.33. The molecule has 2 N–H and O–H groups in total. The van der Waals surface area contributed by atoms with Crippen LogP contribution in [0, 0.1) is 12.8 Å². The monoisotopic (exact) mass is 425 g/mol. The number of aromatic amines is 1. The van der Waals surface area contributed by atoms with Gasteiger partial charge in [0.1, 0.15) is 0 Å². The van der Waals surface area contributed by atoms with Gasteiger partial charge in [-0.3, -0.25) is 4.57 Å². The number of imidazole rings is 1. The molecule has 5 heteroatoms. The van der Waals surface area contributed by atoms with Crippen LogP contribution in [0.4, 0.5) is 0 Å². The molecule has 2 aromatic carbocycles. The Morgan fingerprint density at radius 2 is 1.85 bits per heavy atom. The Balaban J connectivity index is 1.69. The highest BCUT2D eigenvalue weighted by molar-refractivity contribution is 9.10. The molecule has 1 aliphatic rings. The Bertz CT molecular complexity index is 977. The van der Waals surface area contributed by atoms with Crippen molar-refractivity contribution in [2.24, 2.45) is 5.92 Å². The van der Waals surface area contributed by atoms with Gasteiger partial charge in [0.2, 0.25) is 0 Å². The van der Waals surface area contributed by atoms with Crippen LogP contribution in [-0.4, -0.2) is 22.6 Å². The highest BCUT2D eigenvalue weighted by Gasteiger charge is 2.30.